The van der Waals surface area contributed by atoms with Crippen LogP contribution in [0.1, 0.15) is 29.3 Å². The lowest BCUT2D eigenvalue weighted by Crippen LogP contribution is -2.56. The molecule has 0 bridgehead atoms. The number of aromatic nitrogens is 1. The minimum atomic E-state index is -1.27. The van der Waals surface area contributed by atoms with Gasteiger partial charge >= 0.3 is 0 Å². The van der Waals surface area contributed by atoms with Gasteiger partial charge in [-0.2, -0.15) is 0 Å². The highest BCUT2D eigenvalue weighted by Crippen LogP contribution is 2.22. The molecule has 6 nitrogen and oxygen atoms in total. The summed E-state index contributed by atoms with van der Waals surface area (Å²) in [5.74, 6) is -3.65. The van der Waals surface area contributed by atoms with Crippen molar-refractivity contribution in [1.82, 2.24) is 14.8 Å². The fourth-order valence-electron chi connectivity index (χ4n) is 4.07. The van der Waals surface area contributed by atoms with E-state index in [0.717, 1.165) is 16.3 Å². The van der Waals surface area contributed by atoms with E-state index in [1.807, 2.05) is 19.1 Å². The first-order valence-corrected chi connectivity index (χ1v) is 11.4. The minimum Gasteiger partial charge on any atom is -0.339 e. The van der Waals surface area contributed by atoms with E-state index in [2.05, 4.69) is 4.98 Å². The first kappa shape index (κ1) is 23.2. The van der Waals surface area contributed by atoms with Crippen LogP contribution in [0.25, 0.3) is 10.2 Å². The van der Waals surface area contributed by atoms with Crippen LogP contribution in [0.4, 0.5) is 13.2 Å². The molecule has 0 saturated carbocycles. The largest absolute Gasteiger partial charge is 0.339 e. The predicted molar refractivity (Wildman–Crippen MR) is 119 cm³/mol. The van der Waals surface area contributed by atoms with Crippen LogP contribution in [0.5, 0.6) is 0 Å². The van der Waals surface area contributed by atoms with Crippen LogP contribution in [0.2, 0.25) is 0 Å². The zero-order valence-corrected chi connectivity index (χ0v) is 18.7. The maximum absolute atomic E-state index is 13.9. The maximum atomic E-state index is 13.9. The van der Waals surface area contributed by atoms with Gasteiger partial charge in [0.15, 0.2) is 11.6 Å². The number of nitrogens with two attached hydrogens (primary N) is 1. The second-order valence-electron chi connectivity index (χ2n) is 8.25. The molecule has 10 heteroatoms. The molecule has 174 valence electrons. The topological polar surface area (TPSA) is 79.5 Å². The molecular weight excluding hydrogens is 453 g/mol. The smallest absolute Gasteiger partial charge is 0.254 e. The van der Waals surface area contributed by atoms with E-state index in [9.17, 15) is 22.8 Å². The van der Waals surface area contributed by atoms with Gasteiger partial charge in [0.05, 0.1) is 15.7 Å². The molecule has 3 aromatic rings. The zero-order chi connectivity index (χ0) is 23.7. The van der Waals surface area contributed by atoms with Crippen LogP contribution in [-0.4, -0.2) is 58.3 Å². The van der Waals surface area contributed by atoms with Crippen LogP contribution in [0.3, 0.4) is 0 Å². The molecule has 33 heavy (non-hydrogen) atoms. The van der Waals surface area contributed by atoms with Gasteiger partial charge in [0.2, 0.25) is 5.91 Å². The summed E-state index contributed by atoms with van der Waals surface area (Å²) >= 11 is 1.47. The third-order valence-corrected chi connectivity index (χ3v) is 6.62. The average molecular weight is 477 g/mol. The van der Waals surface area contributed by atoms with Gasteiger partial charge < -0.3 is 15.5 Å². The van der Waals surface area contributed by atoms with E-state index in [4.69, 9.17) is 5.73 Å². The van der Waals surface area contributed by atoms with Crippen LogP contribution in [0.15, 0.2) is 35.8 Å². The van der Waals surface area contributed by atoms with Gasteiger partial charge in [-0.05, 0) is 43.2 Å². The normalized spacial score (nSPS) is 17.4. The van der Waals surface area contributed by atoms with Gasteiger partial charge in [0, 0.05) is 49.8 Å². The molecule has 2 aromatic carbocycles. The number of carbonyl (C=O) groups excluding carboxylic acids is 2. The van der Waals surface area contributed by atoms with Gasteiger partial charge in [-0.15, -0.1) is 11.3 Å². The van der Waals surface area contributed by atoms with E-state index in [-0.39, 0.29) is 36.3 Å². The summed E-state index contributed by atoms with van der Waals surface area (Å²) in [6, 6.07) is 5.70. The zero-order valence-electron chi connectivity index (χ0n) is 17.9. The monoisotopic (exact) mass is 476 g/mol. The number of amides is 2. The number of fused-ring (bicyclic) bond motifs is 1. The van der Waals surface area contributed by atoms with E-state index in [1.165, 1.54) is 11.3 Å². The van der Waals surface area contributed by atoms with Crippen molar-refractivity contribution >= 4 is 33.4 Å². The number of hydrogen-bond acceptors (Lipinski definition) is 5. The summed E-state index contributed by atoms with van der Waals surface area (Å²) in [5, 5.41) is 0. The average Bonchev–Trinajstić information content (AvgIpc) is 3.24. The van der Waals surface area contributed by atoms with Crippen molar-refractivity contribution in [3.8, 4) is 0 Å². The lowest BCUT2D eigenvalue weighted by Gasteiger charge is -2.40. The Bertz CT molecular complexity index is 1200. The molecule has 1 aliphatic rings. The molecule has 2 N–H and O–H groups in total. The standard InChI is InChI=1S/C23H23F3N4O2S/c1-13-11-29(22(31)9-16(27)6-15-7-18(25)19(26)10-17(15)24)4-5-30(13)23(32)14-2-3-20-21(8-14)33-12-28-20/h2-3,7-8,10,12-13,16H,4-6,9,11,27H2,1H3/t13-,16+/m0/s1. The molecule has 1 fully saturated rings. The summed E-state index contributed by atoms with van der Waals surface area (Å²) in [5.41, 5.74) is 9.08. The first-order valence-electron chi connectivity index (χ1n) is 10.5. The lowest BCUT2D eigenvalue weighted by atomic mass is 10.0. The highest BCUT2D eigenvalue weighted by Gasteiger charge is 2.31. The molecule has 2 amide bonds. The van der Waals surface area contributed by atoms with Crippen molar-refractivity contribution in [3.05, 3.63) is 64.4 Å². The van der Waals surface area contributed by atoms with E-state index in [0.29, 0.717) is 31.3 Å². The predicted octanol–water partition coefficient (Wildman–Crippen LogP) is 3.35. The molecule has 0 aliphatic carbocycles. The molecule has 0 radical (unpaired) electrons. The molecule has 0 spiro atoms. The Morgan fingerprint density at radius 1 is 1.15 bits per heavy atom. The summed E-state index contributed by atoms with van der Waals surface area (Å²) in [4.78, 5) is 33.3. The quantitative estimate of drug-likeness (QED) is 0.573. The van der Waals surface area contributed by atoms with E-state index in [1.54, 1.807) is 21.4 Å². The van der Waals surface area contributed by atoms with Crippen LogP contribution < -0.4 is 5.73 Å². The number of thiazole rings is 1. The van der Waals surface area contributed by atoms with Crippen molar-refractivity contribution in [1.29, 1.82) is 0 Å². The summed E-state index contributed by atoms with van der Waals surface area (Å²) in [6.07, 6.45) is -0.163. The first-order chi connectivity index (χ1) is 15.7. The number of rotatable bonds is 5. The van der Waals surface area contributed by atoms with Crippen LogP contribution in [-0.2, 0) is 11.2 Å². The molecule has 1 saturated heterocycles. The third kappa shape index (κ3) is 5.01. The molecular formula is C23H23F3N4O2S. The lowest BCUT2D eigenvalue weighted by molar-refractivity contribution is -0.134. The Morgan fingerprint density at radius 3 is 2.67 bits per heavy atom. The third-order valence-electron chi connectivity index (χ3n) is 5.83. The fraction of sp³-hybridized carbons (Fsp3) is 0.348. The Balaban J connectivity index is 1.34. The number of piperazine rings is 1. The van der Waals surface area contributed by atoms with Crippen LogP contribution >= 0.6 is 11.3 Å². The number of carbonyl (C=O) groups is 2. The second-order valence-corrected chi connectivity index (χ2v) is 9.13. The second kappa shape index (κ2) is 9.48. The van der Waals surface area contributed by atoms with Gasteiger partial charge in [-0.3, -0.25) is 9.59 Å². The van der Waals surface area contributed by atoms with Crippen molar-refractivity contribution in [2.45, 2.75) is 31.8 Å². The highest BCUT2D eigenvalue weighted by molar-refractivity contribution is 7.16. The van der Waals surface area contributed by atoms with Gasteiger partial charge in [0.25, 0.3) is 5.91 Å². The van der Waals surface area contributed by atoms with E-state index >= 15 is 0 Å². The van der Waals surface area contributed by atoms with Crippen molar-refractivity contribution in [2.75, 3.05) is 19.6 Å². The molecule has 1 aliphatic heterocycles. The minimum absolute atomic E-state index is 0.0683. The van der Waals surface area contributed by atoms with Crippen molar-refractivity contribution in [2.24, 2.45) is 5.73 Å². The summed E-state index contributed by atoms with van der Waals surface area (Å²) < 4.78 is 41.3. The SMILES string of the molecule is C[C@H]1CN(C(=O)C[C@H](N)Cc2cc(F)c(F)cc2F)CCN1C(=O)c1ccc2ncsc2c1. The molecule has 4 rings (SSSR count). The molecule has 2 heterocycles. The van der Waals surface area contributed by atoms with Gasteiger partial charge in [-0.1, -0.05) is 0 Å². The molecule has 1 aromatic heterocycles. The summed E-state index contributed by atoms with van der Waals surface area (Å²) in [6.45, 7) is 2.95. The van der Waals surface area contributed by atoms with Crippen LogP contribution in [0, 0.1) is 17.5 Å². The Hall–Kier alpha value is -2.98. The molecule has 2 atom stereocenters. The number of nitrogens with zero attached hydrogens (tertiary/aromatic N) is 3. The Kier molecular flexibility index (Phi) is 6.66. The highest BCUT2D eigenvalue weighted by atomic mass is 32.1. The van der Waals surface area contributed by atoms with E-state index < -0.39 is 23.5 Å². The molecule has 0 unspecified atom stereocenters. The summed E-state index contributed by atoms with van der Waals surface area (Å²) in [7, 11) is 0. The number of benzene rings is 2. The fourth-order valence-corrected chi connectivity index (χ4v) is 4.78. The number of hydrogen-bond donors (Lipinski definition) is 1. The van der Waals surface area contributed by atoms with Gasteiger partial charge in [-0.25, -0.2) is 18.2 Å². The Labute approximate surface area is 192 Å². The van der Waals surface area contributed by atoms with Gasteiger partial charge in [0.1, 0.15) is 5.82 Å². The van der Waals surface area contributed by atoms with Crippen molar-refractivity contribution < 1.29 is 22.8 Å². The Morgan fingerprint density at radius 2 is 1.91 bits per heavy atom. The maximum Gasteiger partial charge on any atom is 0.254 e. The number of halogens is 3. The van der Waals surface area contributed by atoms with Crippen molar-refractivity contribution in [3.63, 3.8) is 0 Å².